The third-order valence-corrected chi connectivity index (χ3v) is 4.21. The van der Waals surface area contributed by atoms with Crippen molar-refractivity contribution in [2.75, 3.05) is 32.3 Å². The summed E-state index contributed by atoms with van der Waals surface area (Å²) in [5.41, 5.74) is 5.99. The van der Waals surface area contributed by atoms with Gasteiger partial charge in [-0.3, -0.25) is 4.79 Å². The van der Waals surface area contributed by atoms with Crippen LogP contribution in [0.5, 0.6) is 0 Å². The summed E-state index contributed by atoms with van der Waals surface area (Å²) in [5.74, 6) is 1.68. The monoisotopic (exact) mass is 274 g/mol. The van der Waals surface area contributed by atoms with Crippen LogP contribution in [0.1, 0.15) is 26.2 Å². The Hall–Kier alpha value is -0.260. The van der Waals surface area contributed by atoms with Crippen molar-refractivity contribution in [3.05, 3.63) is 0 Å². The number of amides is 1. The van der Waals surface area contributed by atoms with E-state index in [-0.39, 0.29) is 11.9 Å². The highest BCUT2D eigenvalue weighted by Gasteiger charge is 2.35. The first-order valence-corrected chi connectivity index (χ1v) is 8.05. The molecule has 18 heavy (non-hydrogen) atoms. The van der Waals surface area contributed by atoms with Gasteiger partial charge in [0, 0.05) is 19.7 Å². The van der Waals surface area contributed by atoms with Gasteiger partial charge in [-0.25, -0.2) is 0 Å². The maximum Gasteiger partial charge on any atom is 0.239 e. The molecule has 4 nitrogen and oxygen atoms in total. The zero-order valence-electron chi connectivity index (χ0n) is 11.7. The van der Waals surface area contributed by atoms with E-state index in [1.807, 2.05) is 11.2 Å². The third-order valence-electron chi connectivity index (χ3n) is 3.57. The molecule has 0 radical (unpaired) electrons. The predicted molar refractivity (Wildman–Crippen MR) is 76.7 cm³/mol. The van der Waals surface area contributed by atoms with Gasteiger partial charge in [0.1, 0.15) is 0 Å². The molecule has 0 aromatic heterocycles. The molecule has 1 fully saturated rings. The number of nitrogens with two attached hydrogens (primary N) is 1. The van der Waals surface area contributed by atoms with Gasteiger partial charge in [-0.15, -0.1) is 0 Å². The molecule has 5 heteroatoms. The topological polar surface area (TPSA) is 55.6 Å². The molecule has 1 aliphatic carbocycles. The number of carbonyl (C=O) groups excluding carboxylic acids is 1. The summed E-state index contributed by atoms with van der Waals surface area (Å²) < 4.78 is 5.09. The van der Waals surface area contributed by atoms with E-state index >= 15 is 0 Å². The molecule has 2 N–H and O–H groups in total. The summed E-state index contributed by atoms with van der Waals surface area (Å²) in [6, 6.07) is -0.0662. The lowest BCUT2D eigenvalue weighted by Crippen LogP contribution is -2.49. The number of rotatable bonds is 9. The van der Waals surface area contributed by atoms with E-state index < -0.39 is 0 Å². The molecule has 106 valence electrons. The number of ether oxygens (including phenoxy) is 1. The summed E-state index contributed by atoms with van der Waals surface area (Å²) in [5, 5.41) is 0. The number of methoxy groups -OCH3 is 1. The summed E-state index contributed by atoms with van der Waals surface area (Å²) in [6.45, 7) is 3.37. The van der Waals surface area contributed by atoms with Crippen molar-refractivity contribution in [2.24, 2.45) is 11.7 Å². The highest BCUT2D eigenvalue weighted by Crippen LogP contribution is 2.35. The number of carbonyl (C=O) groups is 1. The lowest BCUT2D eigenvalue weighted by atomic mass is 10.1. The smallest absolute Gasteiger partial charge is 0.239 e. The van der Waals surface area contributed by atoms with Gasteiger partial charge in [-0.2, -0.15) is 11.8 Å². The van der Waals surface area contributed by atoms with E-state index in [1.165, 1.54) is 12.8 Å². The van der Waals surface area contributed by atoms with E-state index in [2.05, 4.69) is 6.92 Å². The maximum atomic E-state index is 12.4. The Labute approximate surface area is 115 Å². The minimum atomic E-state index is -0.365. The van der Waals surface area contributed by atoms with Gasteiger partial charge in [-0.05, 0) is 44.1 Å². The molecule has 1 rings (SSSR count). The van der Waals surface area contributed by atoms with Gasteiger partial charge >= 0.3 is 0 Å². The van der Waals surface area contributed by atoms with Crippen LogP contribution in [0.2, 0.25) is 0 Å². The van der Waals surface area contributed by atoms with E-state index in [1.54, 1.807) is 18.9 Å². The number of nitrogens with zero attached hydrogens (tertiary/aromatic N) is 1. The summed E-state index contributed by atoms with van der Waals surface area (Å²) >= 11 is 1.73. The largest absolute Gasteiger partial charge is 0.383 e. The molecule has 0 heterocycles. The van der Waals surface area contributed by atoms with Crippen LogP contribution in [-0.2, 0) is 9.53 Å². The standard InChI is InChI=1S/C13H26N2O2S/c1-10(11-4-5-11)15(7-8-17-2)13(16)12(14)6-9-18-3/h10-12H,4-9,14H2,1-3H3/t10?,12-/m1/s1. The quantitative estimate of drug-likeness (QED) is 0.689. The SMILES string of the molecule is COCCN(C(=O)[C@H](N)CCSC)C(C)C1CC1. The van der Waals surface area contributed by atoms with Crippen molar-refractivity contribution >= 4 is 17.7 Å². The van der Waals surface area contributed by atoms with E-state index in [4.69, 9.17) is 10.5 Å². The van der Waals surface area contributed by atoms with Crippen molar-refractivity contribution in [1.29, 1.82) is 0 Å². The first-order valence-electron chi connectivity index (χ1n) is 6.65. The number of hydrogen-bond acceptors (Lipinski definition) is 4. The van der Waals surface area contributed by atoms with Gasteiger partial charge in [-0.1, -0.05) is 0 Å². The van der Waals surface area contributed by atoms with Crippen molar-refractivity contribution in [3.63, 3.8) is 0 Å². The van der Waals surface area contributed by atoms with Crippen LogP contribution < -0.4 is 5.73 Å². The van der Waals surface area contributed by atoms with Gasteiger partial charge in [0.2, 0.25) is 5.91 Å². The Morgan fingerprint density at radius 1 is 1.56 bits per heavy atom. The molecule has 1 unspecified atom stereocenters. The summed E-state index contributed by atoms with van der Waals surface area (Å²) in [4.78, 5) is 14.3. The second kappa shape index (κ2) is 8.02. The molecule has 1 amide bonds. The molecule has 0 aromatic rings. The highest BCUT2D eigenvalue weighted by atomic mass is 32.2. The highest BCUT2D eigenvalue weighted by molar-refractivity contribution is 7.98. The number of hydrogen-bond donors (Lipinski definition) is 1. The van der Waals surface area contributed by atoms with Crippen LogP contribution in [0.4, 0.5) is 0 Å². The van der Waals surface area contributed by atoms with Crippen molar-refractivity contribution < 1.29 is 9.53 Å². The third kappa shape index (κ3) is 4.78. The van der Waals surface area contributed by atoms with Gasteiger partial charge < -0.3 is 15.4 Å². The average molecular weight is 274 g/mol. The Morgan fingerprint density at radius 3 is 2.72 bits per heavy atom. The Kier molecular flexibility index (Phi) is 7.04. The fraction of sp³-hybridized carbons (Fsp3) is 0.923. The molecule has 0 spiro atoms. The molecule has 0 aliphatic heterocycles. The molecule has 0 aromatic carbocycles. The first kappa shape index (κ1) is 15.8. The fourth-order valence-electron chi connectivity index (χ4n) is 2.12. The van der Waals surface area contributed by atoms with Crippen LogP contribution in [0.15, 0.2) is 0 Å². The van der Waals surface area contributed by atoms with Crippen LogP contribution >= 0.6 is 11.8 Å². The normalized spacial score (nSPS) is 18.4. The van der Waals surface area contributed by atoms with Crippen molar-refractivity contribution in [2.45, 2.75) is 38.3 Å². The molecular formula is C13H26N2O2S. The summed E-state index contributed by atoms with van der Waals surface area (Å²) in [6.07, 6.45) is 5.25. The Bertz CT molecular complexity index is 259. The van der Waals surface area contributed by atoms with Crippen molar-refractivity contribution in [1.82, 2.24) is 4.90 Å². The molecule has 0 bridgehead atoms. The van der Waals surface area contributed by atoms with E-state index in [0.717, 1.165) is 12.2 Å². The zero-order chi connectivity index (χ0) is 13.5. The Morgan fingerprint density at radius 2 is 2.22 bits per heavy atom. The fourth-order valence-corrected chi connectivity index (χ4v) is 2.61. The minimum absolute atomic E-state index is 0.0838. The molecule has 1 aliphatic rings. The molecule has 1 saturated carbocycles. The molecular weight excluding hydrogens is 248 g/mol. The maximum absolute atomic E-state index is 12.4. The lowest BCUT2D eigenvalue weighted by molar-refractivity contribution is -0.135. The van der Waals surface area contributed by atoms with Crippen LogP contribution in [-0.4, -0.2) is 55.2 Å². The molecule has 0 saturated heterocycles. The zero-order valence-corrected chi connectivity index (χ0v) is 12.5. The van der Waals surface area contributed by atoms with E-state index in [0.29, 0.717) is 25.1 Å². The van der Waals surface area contributed by atoms with E-state index in [9.17, 15) is 4.79 Å². The average Bonchev–Trinajstić information content (AvgIpc) is 3.19. The Balaban J connectivity index is 2.53. The predicted octanol–water partition coefficient (Wildman–Crippen LogP) is 1.34. The van der Waals surface area contributed by atoms with Gasteiger partial charge in [0.25, 0.3) is 0 Å². The van der Waals surface area contributed by atoms with Gasteiger partial charge in [0.15, 0.2) is 0 Å². The van der Waals surface area contributed by atoms with Crippen LogP contribution in [0.3, 0.4) is 0 Å². The number of thioether (sulfide) groups is 1. The second-order valence-electron chi connectivity index (χ2n) is 4.99. The van der Waals surface area contributed by atoms with Gasteiger partial charge in [0.05, 0.1) is 12.6 Å². The minimum Gasteiger partial charge on any atom is -0.383 e. The molecule has 2 atom stereocenters. The van der Waals surface area contributed by atoms with Crippen LogP contribution in [0.25, 0.3) is 0 Å². The van der Waals surface area contributed by atoms with Crippen molar-refractivity contribution in [3.8, 4) is 0 Å². The lowest BCUT2D eigenvalue weighted by Gasteiger charge is -2.31. The second-order valence-corrected chi connectivity index (χ2v) is 5.98. The first-order chi connectivity index (χ1) is 8.61. The van der Waals surface area contributed by atoms with Crippen LogP contribution in [0, 0.1) is 5.92 Å². The summed E-state index contributed by atoms with van der Waals surface area (Å²) in [7, 11) is 1.66.